The second-order valence-electron chi connectivity index (χ2n) is 5.88. The van der Waals surface area contributed by atoms with Gasteiger partial charge in [0.1, 0.15) is 5.75 Å². The average Bonchev–Trinajstić information content (AvgIpc) is 2.71. The fourth-order valence-corrected chi connectivity index (χ4v) is 2.72. The van der Waals surface area contributed by atoms with Crippen molar-refractivity contribution in [1.82, 2.24) is 10.6 Å². The minimum absolute atomic E-state index is 0. The molecular weight excluding hydrogens is 507 g/mol. The van der Waals surface area contributed by atoms with Crippen LogP contribution in [0.1, 0.15) is 25.0 Å². The number of aliphatic imine (C=N–C) groups is 1. The number of nitrogens with one attached hydrogen (secondary N) is 2. The molecule has 2 aromatic carbocycles. The van der Waals surface area contributed by atoms with Gasteiger partial charge in [-0.3, -0.25) is 4.99 Å². The summed E-state index contributed by atoms with van der Waals surface area (Å²) in [4.78, 5) is 4.18. The molecule has 6 nitrogen and oxygen atoms in total. The maximum Gasteiger partial charge on any atom is 0.387 e. The largest absolute Gasteiger partial charge is 0.494 e. The number of guanidine groups is 1. The lowest BCUT2D eigenvalue weighted by atomic mass is 10.2. The third-order valence-corrected chi connectivity index (χ3v) is 3.96. The highest BCUT2D eigenvalue weighted by Crippen LogP contribution is 2.32. The summed E-state index contributed by atoms with van der Waals surface area (Å²) >= 11 is 0. The molecule has 0 heterocycles. The number of halogens is 3. The minimum atomic E-state index is -2.94. The Balaban J connectivity index is 0.00000450. The van der Waals surface area contributed by atoms with Crippen LogP contribution in [0.5, 0.6) is 17.2 Å². The molecule has 0 amide bonds. The molecule has 9 heteroatoms. The van der Waals surface area contributed by atoms with Gasteiger partial charge in [0.15, 0.2) is 17.5 Å². The van der Waals surface area contributed by atoms with E-state index in [4.69, 9.17) is 14.2 Å². The van der Waals surface area contributed by atoms with E-state index in [0.29, 0.717) is 31.3 Å². The number of alkyl halides is 2. The molecule has 2 rings (SSSR count). The van der Waals surface area contributed by atoms with E-state index in [-0.39, 0.29) is 42.0 Å². The number of para-hydroxylation sites is 2. The molecule has 0 aliphatic carbocycles. The van der Waals surface area contributed by atoms with E-state index in [1.807, 2.05) is 31.2 Å². The first-order valence-electron chi connectivity index (χ1n) is 9.43. The van der Waals surface area contributed by atoms with Crippen LogP contribution in [0, 0.1) is 0 Å². The van der Waals surface area contributed by atoms with E-state index >= 15 is 0 Å². The molecule has 0 unspecified atom stereocenters. The third-order valence-electron chi connectivity index (χ3n) is 3.96. The second-order valence-corrected chi connectivity index (χ2v) is 5.88. The van der Waals surface area contributed by atoms with Crippen LogP contribution in [0.2, 0.25) is 0 Å². The van der Waals surface area contributed by atoms with Crippen molar-refractivity contribution in [1.29, 1.82) is 0 Å². The highest BCUT2D eigenvalue weighted by atomic mass is 127. The van der Waals surface area contributed by atoms with Gasteiger partial charge in [-0.05, 0) is 26.0 Å². The van der Waals surface area contributed by atoms with Gasteiger partial charge in [-0.25, -0.2) is 0 Å². The van der Waals surface area contributed by atoms with Crippen molar-refractivity contribution in [2.75, 3.05) is 20.3 Å². The van der Waals surface area contributed by atoms with Crippen LogP contribution in [-0.2, 0) is 13.1 Å². The van der Waals surface area contributed by atoms with E-state index in [1.165, 1.54) is 0 Å². The van der Waals surface area contributed by atoms with Gasteiger partial charge >= 0.3 is 6.61 Å². The highest BCUT2D eigenvalue weighted by Gasteiger charge is 2.16. The topological polar surface area (TPSA) is 64.1 Å². The number of ether oxygens (including phenoxy) is 3. The van der Waals surface area contributed by atoms with Crippen molar-refractivity contribution in [2.45, 2.75) is 33.5 Å². The number of nitrogens with zero attached hydrogens (tertiary/aromatic N) is 1. The van der Waals surface area contributed by atoms with E-state index < -0.39 is 6.61 Å². The highest BCUT2D eigenvalue weighted by molar-refractivity contribution is 14.0. The van der Waals surface area contributed by atoms with Crippen LogP contribution < -0.4 is 24.8 Å². The van der Waals surface area contributed by atoms with Gasteiger partial charge in [0.25, 0.3) is 0 Å². The zero-order valence-corrected chi connectivity index (χ0v) is 19.6. The predicted octanol–water partition coefficient (Wildman–Crippen LogP) is 4.57. The number of hydrogen-bond acceptors (Lipinski definition) is 4. The summed E-state index contributed by atoms with van der Waals surface area (Å²) in [7, 11) is 1.64. The molecule has 0 aromatic heterocycles. The Morgan fingerprint density at radius 2 is 1.47 bits per heavy atom. The Morgan fingerprint density at radius 1 is 0.900 bits per heavy atom. The molecule has 0 spiro atoms. The maximum atomic E-state index is 12.8. The normalized spacial score (nSPS) is 10.9. The monoisotopic (exact) mass is 535 g/mol. The van der Waals surface area contributed by atoms with Crippen molar-refractivity contribution >= 4 is 29.9 Å². The molecule has 0 aliphatic rings. The second kappa shape index (κ2) is 13.8. The third kappa shape index (κ3) is 7.85. The lowest BCUT2D eigenvalue weighted by molar-refractivity contribution is -0.0520. The summed E-state index contributed by atoms with van der Waals surface area (Å²) in [5.41, 5.74) is 1.52. The number of rotatable bonds is 10. The van der Waals surface area contributed by atoms with E-state index in [0.717, 1.165) is 11.3 Å². The lowest BCUT2D eigenvalue weighted by Crippen LogP contribution is -2.36. The number of hydrogen-bond donors (Lipinski definition) is 2. The Kier molecular flexibility index (Phi) is 11.9. The van der Waals surface area contributed by atoms with E-state index in [1.54, 1.807) is 32.2 Å². The number of benzene rings is 2. The summed E-state index contributed by atoms with van der Waals surface area (Å²) in [5, 5.41) is 6.30. The molecular formula is C21H28F2IN3O3. The zero-order chi connectivity index (χ0) is 21.1. The van der Waals surface area contributed by atoms with Crippen LogP contribution in [0.3, 0.4) is 0 Å². The summed E-state index contributed by atoms with van der Waals surface area (Å²) in [6.07, 6.45) is 0. The molecule has 2 aromatic rings. The Bertz CT molecular complexity index is 807. The summed E-state index contributed by atoms with van der Waals surface area (Å²) in [5.74, 6) is 1.62. The van der Waals surface area contributed by atoms with Gasteiger partial charge in [0, 0.05) is 31.3 Å². The summed E-state index contributed by atoms with van der Waals surface area (Å²) in [6.45, 7) is 2.42. The average molecular weight is 535 g/mol. The van der Waals surface area contributed by atoms with Crippen molar-refractivity contribution in [2.24, 2.45) is 4.99 Å². The molecule has 0 atom stereocenters. The van der Waals surface area contributed by atoms with Gasteiger partial charge < -0.3 is 24.8 Å². The van der Waals surface area contributed by atoms with Crippen LogP contribution in [0.15, 0.2) is 47.5 Å². The van der Waals surface area contributed by atoms with Crippen LogP contribution in [0.25, 0.3) is 0 Å². The molecule has 0 radical (unpaired) electrons. The lowest BCUT2D eigenvalue weighted by Gasteiger charge is -2.17. The van der Waals surface area contributed by atoms with Gasteiger partial charge in [-0.1, -0.05) is 30.3 Å². The van der Waals surface area contributed by atoms with E-state index in [2.05, 4.69) is 15.6 Å². The summed E-state index contributed by atoms with van der Waals surface area (Å²) < 4.78 is 41.4. The first-order valence-corrected chi connectivity index (χ1v) is 9.43. The Morgan fingerprint density at radius 3 is 2.10 bits per heavy atom. The van der Waals surface area contributed by atoms with Gasteiger partial charge in [-0.2, -0.15) is 8.78 Å². The van der Waals surface area contributed by atoms with Crippen LogP contribution in [-0.4, -0.2) is 32.8 Å². The fourth-order valence-electron chi connectivity index (χ4n) is 2.72. The maximum absolute atomic E-state index is 12.8. The Hall–Kier alpha value is -2.30. The quantitative estimate of drug-likeness (QED) is 0.265. The Labute approximate surface area is 193 Å². The first kappa shape index (κ1) is 25.7. The molecule has 0 aliphatic heterocycles. The predicted molar refractivity (Wildman–Crippen MR) is 124 cm³/mol. The van der Waals surface area contributed by atoms with Crippen molar-refractivity contribution in [3.8, 4) is 17.2 Å². The minimum Gasteiger partial charge on any atom is -0.494 e. The fraction of sp³-hybridized carbons (Fsp3) is 0.381. The van der Waals surface area contributed by atoms with E-state index in [9.17, 15) is 8.78 Å². The molecule has 0 saturated carbocycles. The molecule has 0 saturated heterocycles. The molecule has 0 bridgehead atoms. The van der Waals surface area contributed by atoms with Crippen LogP contribution >= 0.6 is 24.0 Å². The van der Waals surface area contributed by atoms with Crippen molar-refractivity contribution in [3.05, 3.63) is 53.6 Å². The summed E-state index contributed by atoms with van der Waals surface area (Å²) in [6, 6.07) is 12.7. The van der Waals surface area contributed by atoms with Gasteiger partial charge in [0.2, 0.25) is 0 Å². The van der Waals surface area contributed by atoms with Crippen molar-refractivity contribution < 1.29 is 23.0 Å². The van der Waals surface area contributed by atoms with Crippen LogP contribution in [0.4, 0.5) is 8.78 Å². The molecule has 166 valence electrons. The van der Waals surface area contributed by atoms with Gasteiger partial charge in [-0.15, -0.1) is 24.0 Å². The molecule has 2 N–H and O–H groups in total. The smallest absolute Gasteiger partial charge is 0.387 e. The first-order chi connectivity index (χ1) is 14.1. The zero-order valence-electron chi connectivity index (χ0n) is 17.3. The molecule has 30 heavy (non-hydrogen) atoms. The standard InChI is InChI=1S/C21H27F2N3O3.HI/c1-4-27-17-11-7-6-9-15(17)13-25-21(24-3)26-14-16-10-8-12-18(28-5-2)19(16)29-20(22)23;/h6-12,20H,4-5,13-14H2,1-3H3,(H2,24,25,26);1H. The van der Waals surface area contributed by atoms with Crippen molar-refractivity contribution in [3.63, 3.8) is 0 Å². The molecule has 0 fully saturated rings. The van der Waals surface area contributed by atoms with Gasteiger partial charge in [0.05, 0.1) is 13.2 Å². The SMILES string of the molecule is CCOc1ccccc1CNC(=NC)NCc1cccc(OCC)c1OC(F)F.I.